The van der Waals surface area contributed by atoms with Crippen LogP contribution in [0.15, 0.2) is 30.7 Å². The summed E-state index contributed by atoms with van der Waals surface area (Å²) in [7, 11) is 0. The number of fused-ring (bicyclic) bond motifs is 1. The number of ether oxygens (including phenoxy) is 2. The highest BCUT2D eigenvalue weighted by Gasteiger charge is 2.13. The molecule has 5 heteroatoms. The van der Waals surface area contributed by atoms with Gasteiger partial charge in [0.25, 0.3) is 0 Å². The Morgan fingerprint density at radius 3 is 3.11 bits per heavy atom. The average Bonchev–Trinajstić information content (AvgIpc) is 3.05. The molecule has 1 aromatic carbocycles. The molecule has 0 unspecified atom stereocenters. The Hall–Kier alpha value is -2.17. The fraction of sp³-hybridized carbons (Fsp3) is 0.357. The van der Waals surface area contributed by atoms with Gasteiger partial charge < -0.3 is 19.4 Å². The first-order chi connectivity index (χ1) is 9.36. The molecule has 3 rings (SSSR count). The summed E-state index contributed by atoms with van der Waals surface area (Å²) < 4.78 is 12.8. The molecular formula is C14H17N3O2. The highest BCUT2D eigenvalue weighted by Crippen LogP contribution is 2.34. The Morgan fingerprint density at radius 2 is 2.21 bits per heavy atom. The van der Waals surface area contributed by atoms with Gasteiger partial charge in [-0.3, -0.25) is 0 Å². The van der Waals surface area contributed by atoms with Crippen LogP contribution >= 0.6 is 0 Å². The van der Waals surface area contributed by atoms with E-state index in [9.17, 15) is 0 Å². The molecule has 0 saturated heterocycles. The number of nitrogens with zero attached hydrogens (tertiary/aromatic N) is 2. The molecule has 0 radical (unpaired) electrons. The maximum Gasteiger partial charge on any atom is 0.231 e. The lowest BCUT2D eigenvalue weighted by Gasteiger charge is -2.09. The minimum absolute atomic E-state index is 0.308. The molecule has 2 aromatic rings. The summed E-state index contributed by atoms with van der Waals surface area (Å²) in [5.74, 6) is 1.61. The first-order valence-corrected chi connectivity index (χ1v) is 6.49. The van der Waals surface area contributed by atoms with Crippen molar-refractivity contribution in [2.24, 2.45) is 0 Å². The molecule has 1 N–H and O–H groups in total. The van der Waals surface area contributed by atoms with Crippen LogP contribution in [0.3, 0.4) is 0 Å². The number of imidazole rings is 1. The molecule has 0 amide bonds. The summed E-state index contributed by atoms with van der Waals surface area (Å²) in [6.45, 7) is 4.22. The molecule has 0 atom stereocenters. The standard InChI is InChI=1S/C14H17N3O2/c1-2-5-17-9-15-7-12(17)8-16-11-3-4-13-14(6-11)19-10-18-13/h3-4,6-7,9,16H,2,5,8,10H2,1H3. The van der Waals surface area contributed by atoms with Crippen molar-refractivity contribution in [1.29, 1.82) is 0 Å². The summed E-state index contributed by atoms with van der Waals surface area (Å²) >= 11 is 0. The van der Waals surface area contributed by atoms with Crippen LogP contribution in [0, 0.1) is 0 Å². The SMILES string of the molecule is CCCn1cncc1CNc1ccc2c(c1)OCO2. The predicted octanol–water partition coefficient (Wildman–Crippen LogP) is 2.63. The monoisotopic (exact) mass is 259 g/mol. The van der Waals surface area contributed by atoms with E-state index in [1.807, 2.05) is 30.7 Å². The summed E-state index contributed by atoms with van der Waals surface area (Å²) in [5, 5.41) is 3.38. The Morgan fingerprint density at radius 1 is 1.32 bits per heavy atom. The maximum atomic E-state index is 5.36. The number of anilines is 1. The van der Waals surface area contributed by atoms with Crippen molar-refractivity contribution in [2.45, 2.75) is 26.4 Å². The van der Waals surface area contributed by atoms with Gasteiger partial charge in [0.05, 0.1) is 18.6 Å². The Labute approximate surface area is 112 Å². The van der Waals surface area contributed by atoms with Gasteiger partial charge in [0.2, 0.25) is 6.79 Å². The molecule has 2 heterocycles. The van der Waals surface area contributed by atoms with E-state index in [2.05, 4.69) is 21.8 Å². The minimum Gasteiger partial charge on any atom is -0.454 e. The largest absolute Gasteiger partial charge is 0.454 e. The van der Waals surface area contributed by atoms with Crippen molar-refractivity contribution >= 4 is 5.69 Å². The fourth-order valence-electron chi connectivity index (χ4n) is 2.14. The third kappa shape index (κ3) is 2.50. The Bertz CT molecular complexity index is 566. The summed E-state index contributed by atoms with van der Waals surface area (Å²) in [4.78, 5) is 4.19. The Kier molecular flexibility index (Phi) is 3.27. The highest BCUT2D eigenvalue weighted by atomic mass is 16.7. The fourth-order valence-corrected chi connectivity index (χ4v) is 2.14. The van der Waals surface area contributed by atoms with Crippen molar-refractivity contribution in [3.8, 4) is 11.5 Å². The number of benzene rings is 1. The van der Waals surface area contributed by atoms with Crippen molar-refractivity contribution in [1.82, 2.24) is 9.55 Å². The number of aromatic nitrogens is 2. The van der Waals surface area contributed by atoms with Gasteiger partial charge in [-0.1, -0.05) is 6.92 Å². The second-order valence-corrected chi connectivity index (χ2v) is 4.50. The van der Waals surface area contributed by atoms with Crippen LogP contribution in [-0.2, 0) is 13.1 Å². The van der Waals surface area contributed by atoms with Gasteiger partial charge in [-0.2, -0.15) is 0 Å². The number of rotatable bonds is 5. The zero-order valence-electron chi connectivity index (χ0n) is 10.9. The van der Waals surface area contributed by atoms with E-state index < -0.39 is 0 Å². The molecule has 5 nitrogen and oxygen atoms in total. The molecule has 0 aliphatic carbocycles. The van der Waals surface area contributed by atoms with Crippen LogP contribution in [-0.4, -0.2) is 16.3 Å². The topological polar surface area (TPSA) is 48.3 Å². The second-order valence-electron chi connectivity index (χ2n) is 4.50. The summed E-state index contributed by atoms with van der Waals surface area (Å²) in [6, 6.07) is 5.88. The molecule has 0 bridgehead atoms. The van der Waals surface area contributed by atoms with E-state index in [1.54, 1.807) is 0 Å². The zero-order valence-corrected chi connectivity index (χ0v) is 10.9. The summed E-state index contributed by atoms with van der Waals surface area (Å²) in [6.07, 6.45) is 4.88. The smallest absolute Gasteiger partial charge is 0.231 e. The molecular weight excluding hydrogens is 242 g/mol. The molecule has 0 saturated carbocycles. The van der Waals surface area contributed by atoms with E-state index in [0.717, 1.165) is 36.7 Å². The Balaban J connectivity index is 1.67. The van der Waals surface area contributed by atoms with E-state index in [4.69, 9.17) is 9.47 Å². The molecule has 1 aliphatic rings. The van der Waals surface area contributed by atoms with Crippen LogP contribution in [0.5, 0.6) is 11.5 Å². The van der Waals surface area contributed by atoms with Gasteiger partial charge in [0.1, 0.15) is 0 Å². The lowest BCUT2D eigenvalue weighted by atomic mass is 10.2. The van der Waals surface area contributed by atoms with Crippen LogP contribution in [0.2, 0.25) is 0 Å². The number of hydrogen-bond donors (Lipinski definition) is 1. The van der Waals surface area contributed by atoms with Crippen molar-refractivity contribution < 1.29 is 9.47 Å². The first kappa shape index (κ1) is 11.9. The molecule has 100 valence electrons. The van der Waals surface area contributed by atoms with Crippen LogP contribution in [0.25, 0.3) is 0 Å². The maximum absolute atomic E-state index is 5.36. The third-order valence-electron chi connectivity index (χ3n) is 3.11. The number of aryl methyl sites for hydroxylation is 1. The van der Waals surface area contributed by atoms with Gasteiger partial charge >= 0.3 is 0 Å². The second kappa shape index (κ2) is 5.22. The van der Waals surface area contributed by atoms with Crippen LogP contribution in [0.4, 0.5) is 5.69 Å². The molecule has 0 fully saturated rings. The third-order valence-corrected chi connectivity index (χ3v) is 3.11. The van der Waals surface area contributed by atoms with Gasteiger partial charge in [-0.25, -0.2) is 4.98 Å². The predicted molar refractivity (Wildman–Crippen MR) is 72.4 cm³/mol. The molecule has 0 spiro atoms. The first-order valence-electron chi connectivity index (χ1n) is 6.49. The van der Waals surface area contributed by atoms with Gasteiger partial charge in [-0.15, -0.1) is 0 Å². The lowest BCUT2D eigenvalue weighted by Crippen LogP contribution is -2.06. The van der Waals surface area contributed by atoms with Crippen molar-refractivity contribution in [2.75, 3.05) is 12.1 Å². The summed E-state index contributed by atoms with van der Waals surface area (Å²) in [5.41, 5.74) is 2.20. The minimum atomic E-state index is 0.308. The van der Waals surface area contributed by atoms with Crippen LogP contribution in [0.1, 0.15) is 19.0 Å². The van der Waals surface area contributed by atoms with E-state index in [-0.39, 0.29) is 0 Å². The lowest BCUT2D eigenvalue weighted by molar-refractivity contribution is 0.174. The van der Waals surface area contributed by atoms with Gasteiger partial charge in [-0.05, 0) is 18.6 Å². The van der Waals surface area contributed by atoms with Gasteiger partial charge in [0, 0.05) is 24.5 Å². The van der Waals surface area contributed by atoms with Crippen molar-refractivity contribution in [3.63, 3.8) is 0 Å². The average molecular weight is 259 g/mol. The normalized spacial score (nSPS) is 12.7. The van der Waals surface area contributed by atoms with Crippen molar-refractivity contribution in [3.05, 3.63) is 36.4 Å². The molecule has 19 heavy (non-hydrogen) atoms. The zero-order chi connectivity index (χ0) is 13.1. The number of nitrogens with one attached hydrogen (secondary N) is 1. The number of hydrogen-bond acceptors (Lipinski definition) is 4. The van der Waals surface area contributed by atoms with Crippen LogP contribution < -0.4 is 14.8 Å². The molecule has 1 aromatic heterocycles. The highest BCUT2D eigenvalue weighted by molar-refractivity contribution is 5.55. The van der Waals surface area contributed by atoms with Gasteiger partial charge in [0.15, 0.2) is 11.5 Å². The van der Waals surface area contributed by atoms with E-state index in [1.165, 1.54) is 5.69 Å². The van der Waals surface area contributed by atoms with E-state index in [0.29, 0.717) is 6.79 Å². The van der Waals surface area contributed by atoms with E-state index >= 15 is 0 Å². The molecule has 1 aliphatic heterocycles. The quantitative estimate of drug-likeness (QED) is 0.896.